The van der Waals surface area contributed by atoms with Crippen LogP contribution in [0.4, 0.5) is 0 Å². The highest BCUT2D eigenvalue weighted by Gasteiger charge is 2.53. The average Bonchev–Trinajstić information content (AvgIpc) is 3.38. The summed E-state index contributed by atoms with van der Waals surface area (Å²) in [4.78, 5) is 36.4. The fraction of sp³-hybridized carbons (Fsp3) is 0.897. The number of carbonyl (C=O) groups is 3. The molecule has 0 aromatic rings. The molecule has 0 radical (unpaired) electrons. The van der Waals surface area contributed by atoms with E-state index in [1.807, 2.05) is 6.92 Å². The summed E-state index contributed by atoms with van der Waals surface area (Å²) in [6.45, 7) is 4.39. The molecule has 37 heavy (non-hydrogen) atoms. The van der Waals surface area contributed by atoms with Gasteiger partial charge in [0.2, 0.25) is 0 Å². The van der Waals surface area contributed by atoms with Crippen molar-refractivity contribution in [3.63, 3.8) is 0 Å². The van der Waals surface area contributed by atoms with Crippen molar-refractivity contribution in [3.05, 3.63) is 0 Å². The number of hydrogen-bond acceptors (Lipinski definition) is 7. The lowest BCUT2D eigenvalue weighted by Gasteiger charge is -2.37. The maximum atomic E-state index is 12.8. The first-order valence-electron chi connectivity index (χ1n) is 14.9. The van der Waals surface area contributed by atoms with Crippen LogP contribution >= 0.6 is 0 Å². The molecule has 2 heterocycles. The normalized spacial score (nSPS) is 21.3. The van der Waals surface area contributed by atoms with Crippen LogP contribution in [0.15, 0.2) is 0 Å². The number of amides is 1. The molecule has 8 heteroatoms. The third-order valence-electron chi connectivity index (χ3n) is 7.64. The Balaban J connectivity index is 1.63. The van der Waals surface area contributed by atoms with Gasteiger partial charge < -0.3 is 24.7 Å². The first kappa shape index (κ1) is 31.5. The van der Waals surface area contributed by atoms with Gasteiger partial charge in [0, 0.05) is 6.42 Å². The second kappa shape index (κ2) is 17.8. The number of carbonyl (C=O) groups excluding carboxylic acids is 3. The van der Waals surface area contributed by atoms with Crippen molar-refractivity contribution in [2.24, 2.45) is 11.7 Å². The van der Waals surface area contributed by atoms with Crippen LogP contribution in [0.2, 0.25) is 0 Å². The van der Waals surface area contributed by atoms with E-state index in [-0.39, 0.29) is 31.2 Å². The summed E-state index contributed by atoms with van der Waals surface area (Å²) in [5, 5.41) is 0. The van der Waals surface area contributed by atoms with Crippen molar-refractivity contribution in [1.29, 1.82) is 0 Å². The molecule has 214 valence electrons. The Hall–Kier alpha value is -1.67. The van der Waals surface area contributed by atoms with E-state index in [4.69, 9.17) is 24.7 Å². The maximum Gasteiger partial charge on any atom is 0.377 e. The fourth-order valence-corrected chi connectivity index (χ4v) is 5.27. The molecule has 0 aromatic carbocycles. The van der Waals surface area contributed by atoms with Gasteiger partial charge in [-0.05, 0) is 19.3 Å². The summed E-state index contributed by atoms with van der Waals surface area (Å²) in [6.07, 6.45) is 20.1. The first-order valence-corrected chi connectivity index (χ1v) is 14.9. The number of rotatable bonds is 22. The van der Waals surface area contributed by atoms with Gasteiger partial charge in [0.05, 0.1) is 19.1 Å². The molecular formula is C29H51NO7. The zero-order valence-corrected chi connectivity index (χ0v) is 23.3. The van der Waals surface area contributed by atoms with Gasteiger partial charge in [0.25, 0.3) is 5.91 Å². The number of ether oxygens (including phenoxy) is 4. The molecule has 0 saturated carbocycles. The predicted molar refractivity (Wildman–Crippen MR) is 142 cm³/mol. The SMILES string of the molecule is CCCCCCCCCCCCCCCCC[C@@H](C[C@@H]1OC(=O)[C@H]1CC)OC(=O)C1(C(N)=O)OCCO1. The van der Waals surface area contributed by atoms with Crippen molar-refractivity contribution in [2.45, 2.75) is 147 Å². The third-order valence-corrected chi connectivity index (χ3v) is 7.64. The molecule has 3 atom stereocenters. The molecule has 1 amide bonds. The Labute approximate surface area is 223 Å². The minimum atomic E-state index is -2.17. The quantitative estimate of drug-likeness (QED) is 0.109. The average molecular weight is 526 g/mol. The topological polar surface area (TPSA) is 114 Å². The molecule has 8 nitrogen and oxygen atoms in total. The summed E-state index contributed by atoms with van der Waals surface area (Å²) < 4.78 is 21.5. The van der Waals surface area contributed by atoms with E-state index in [1.54, 1.807) is 0 Å². The number of cyclic esters (lactones) is 1. The summed E-state index contributed by atoms with van der Waals surface area (Å²) in [5.41, 5.74) is 5.39. The minimum Gasteiger partial charge on any atom is -0.461 e. The molecule has 0 aromatic heterocycles. The van der Waals surface area contributed by atoms with Gasteiger partial charge in [-0.25, -0.2) is 4.79 Å². The van der Waals surface area contributed by atoms with Crippen molar-refractivity contribution in [2.75, 3.05) is 13.2 Å². The molecule has 2 fully saturated rings. The van der Waals surface area contributed by atoms with Crippen molar-refractivity contribution in [3.8, 4) is 0 Å². The molecule has 2 aliphatic heterocycles. The second-order valence-corrected chi connectivity index (χ2v) is 10.7. The lowest BCUT2D eigenvalue weighted by Crippen LogP contribution is -2.54. The Kier molecular flexibility index (Phi) is 15.1. The van der Waals surface area contributed by atoms with Crippen LogP contribution in [0.1, 0.15) is 129 Å². The smallest absolute Gasteiger partial charge is 0.377 e. The van der Waals surface area contributed by atoms with Gasteiger partial charge in [-0.2, -0.15) is 0 Å². The Bertz CT molecular complexity index is 677. The van der Waals surface area contributed by atoms with Gasteiger partial charge >= 0.3 is 17.7 Å². The largest absolute Gasteiger partial charge is 0.461 e. The van der Waals surface area contributed by atoms with Gasteiger partial charge in [-0.3, -0.25) is 9.59 Å². The monoisotopic (exact) mass is 525 g/mol. The first-order chi connectivity index (χ1) is 17.9. The molecule has 0 spiro atoms. The van der Waals surface area contributed by atoms with Crippen LogP contribution in [0, 0.1) is 5.92 Å². The lowest BCUT2D eigenvalue weighted by molar-refractivity contribution is -0.213. The standard InChI is InChI=1S/C29H51NO7/c1-3-5-6-7-8-9-10-11-12-13-14-15-16-17-18-19-23(22-25-24(4-2)26(31)37-25)36-28(33)29(27(30)32)34-20-21-35-29/h23-25H,3-22H2,1-2H3,(H2,30,32)/t23-,24-,25-/m0/s1. The molecule has 0 unspecified atom stereocenters. The molecule has 0 bridgehead atoms. The van der Waals surface area contributed by atoms with Gasteiger partial charge in [0.1, 0.15) is 12.2 Å². The zero-order chi connectivity index (χ0) is 26.9. The number of unbranched alkanes of at least 4 members (excludes halogenated alkanes) is 14. The van der Waals surface area contributed by atoms with Crippen molar-refractivity contribution < 1.29 is 33.3 Å². The van der Waals surface area contributed by atoms with Crippen molar-refractivity contribution >= 4 is 17.8 Å². The van der Waals surface area contributed by atoms with Crippen LogP contribution in [-0.2, 0) is 33.3 Å². The van der Waals surface area contributed by atoms with Gasteiger partial charge in [-0.15, -0.1) is 0 Å². The maximum absolute atomic E-state index is 12.8. The second-order valence-electron chi connectivity index (χ2n) is 10.7. The number of primary amides is 1. The van der Waals surface area contributed by atoms with Crippen LogP contribution < -0.4 is 5.73 Å². The molecule has 2 N–H and O–H groups in total. The third kappa shape index (κ3) is 10.5. The molecular weight excluding hydrogens is 474 g/mol. The summed E-state index contributed by atoms with van der Waals surface area (Å²) in [5.74, 6) is -4.48. The van der Waals surface area contributed by atoms with E-state index in [0.29, 0.717) is 19.3 Å². The predicted octanol–water partition coefficient (Wildman–Crippen LogP) is 5.73. The highest BCUT2D eigenvalue weighted by Crippen LogP contribution is 2.32. The fourth-order valence-electron chi connectivity index (χ4n) is 5.27. The van der Waals surface area contributed by atoms with Gasteiger partial charge in [-0.1, -0.05) is 104 Å². The van der Waals surface area contributed by atoms with E-state index in [1.165, 1.54) is 77.0 Å². The molecule has 2 aliphatic rings. The van der Waals surface area contributed by atoms with Crippen LogP contribution in [0.3, 0.4) is 0 Å². The number of nitrogens with two attached hydrogens (primary N) is 1. The Morgan fingerprint density at radius 3 is 1.78 bits per heavy atom. The van der Waals surface area contributed by atoms with E-state index in [2.05, 4.69) is 6.92 Å². The van der Waals surface area contributed by atoms with E-state index >= 15 is 0 Å². The van der Waals surface area contributed by atoms with Gasteiger partial charge in [0.15, 0.2) is 0 Å². The zero-order valence-electron chi connectivity index (χ0n) is 23.3. The van der Waals surface area contributed by atoms with Crippen LogP contribution in [0.25, 0.3) is 0 Å². The Morgan fingerprint density at radius 1 is 0.865 bits per heavy atom. The summed E-state index contributed by atoms with van der Waals surface area (Å²) >= 11 is 0. The highest BCUT2D eigenvalue weighted by molar-refractivity contribution is 6.04. The summed E-state index contributed by atoms with van der Waals surface area (Å²) in [7, 11) is 0. The van der Waals surface area contributed by atoms with Crippen LogP contribution in [-0.4, -0.2) is 49.1 Å². The van der Waals surface area contributed by atoms with Crippen LogP contribution in [0.5, 0.6) is 0 Å². The summed E-state index contributed by atoms with van der Waals surface area (Å²) in [6, 6.07) is 0. The van der Waals surface area contributed by atoms with E-state index in [0.717, 1.165) is 19.3 Å². The number of esters is 2. The number of hydrogen-bond donors (Lipinski definition) is 1. The minimum absolute atomic E-state index is 0.0971. The van der Waals surface area contributed by atoms with E-state index in [9.17, 15) is 14.4 Å². The lowest BCUT2D eigenvalue weighted by atomic mass is 9.89. The molecule has 2 saturated heterocycles. The highest BCUT2D eigenvalue weighted by atomic mass is 16.8. The Morgan fingerprint density at radius 2 is 1.35 bits per heavy atom. The molecule has 0 aliphatic carbocycles. The van der Waals surface area contributed by atoms with Crippen molar-refractivity contribution in [1.82, 2.24) is 0 Å². The van der Waals surface area contributed by atoms with E-state index < -0.39 is 23.8 Å². The molecule has 2 rings (SSSR count).